The number of thiazole rings is 2. The summed E-state index contributed by atoms with van der Waals surface area (Å²) in [4.78, 5) is 35.7. The predicted molar refractivity (Wildman–Crippen MR) is 355 cm³/mol. The average Bonchev–Trinajstić information content (AvgIpc) is 1.52. The molecule has 0 fully saturated rings. The van der Waals surface area contributed by atoms with Crippen molar-refractivity contribution in [1.29, 1.82) is 10.5 Å². The lowest BCUT2D eigenvalue weighted by Crippen LogP contribution is -2.44. The van der Waals surface area contributed by atoms with Gasteiger partial charge in [0.25, 0.3) is 20.2 Å². The summed E-state index contributed by atoms with van der Waals surface area (Å²) >= 11 is 2.65. The first-order chi connectivity index (χ1) is 45.4. The number of hydrogen-bond donors (Lipinski definition) is 2. The zero-order valence-corrected chi connectivity index (χ0v) is 53.8. The van der Waals surface area contributed by atoms with Crippen molar-refractivity contribution in [3.8, 4) is 69.2 Å². The Morgan fingerprint density at radius 3 is 1.21 bits per heavy atom. The Morgan fingerprint density at radius 2 is 0.872 bits per heavy atom. The summed E-state index contributed by atoms with van der Waals surface area (Å²) in [5.41, 5.74) is 3.56. The highest BCUT2D eigenvalue weighted by Gasteiger charge is 2.45. The smallest absolute Gasteiger partial charge is 0.503 e. The molecule has 2 unspecified atom stereocenters. The molecule has 10 aromatic rings. The number of carbonyl (C=O) groups excluding carboxylic acids is 2. The molecule has 6 aromatic carbocycles. The molecule has 0 saturated heterocycles. The summed E-state index contributed by atoms with van der Waals surface area (Å²) < 4.78 is 119. The van der Waals surface area contributed by atoms with Crippen LogP contribution in [0.4, 0.5) is 0 Å². The molecule has 0 amide bonds. The van der Waals surface area contributed by atoms with E-state index in [1.807, 2.05) is 106 Å². The van der Waals surface area contributed by atoms with Gasteiger partial charge < -0.3 is 46.5 Å². The lowest BCUT2D eigenvalue weighted by atomic mass is 10.0. The van der Waals surface area contributed by atoms with Gasteiger partial charge in [-0.1, -0.05) is 62.4 Å². The van der Waals surface area contributed by atoms with Crippen LogP contribution in [-0.4, -0.2) is 109 Å². The van der Waals surface area contributed by atoms with Gasteiger partial charge in [0.2, 0.25) is 0 Å². The van der Waals surface area contributed by atoms with Crippen LogP contribution in [0.5, 0.6) is 34.5 Å². The Hall–Kier alpha value is -9.67. The number of benzene rings is 6. The largest absolute Gasteiger partial charge is 0.743 e. The summed E-state index contributed by atoms with van der Waals surface area (Å²) in [6.45, 7) is 3.53. The maximum Gasteiger partial charge on any atom is 0.743 e. The molecule has 0 radical (unpaired) electrons. The van der Waals surface area contributed by atoms with Crippen LogP contribution in [0.2, 0.25) is 0 Å². The van der Waals surface area contributed by atoms with Crippen LogP contribution in [0.1, 0.15) is 62.4 Å². The molecule has 4 aromatic heterocycles. The molecule has 2 N–H and O–H groups in total. The van der Waals surface area contributed by atoms with Gasteiger partial charge in [-0.2, -0.15) is 27.4 Å². The van der Waals surface area contributed by atoms with Crippen molar-refractivity contribution >= 4 is 112 Å². The van der Waals surface area contributed by atoms with E-state index in [0.717, 1.165) is 9.40 Å². The van der Waals surface area contributed by atoms with Crippen molar-refractivity contribution in [2.45, 2.75) is 52.4 Å². The van der Waals surface area contributed by atoms with Crippen LogP contribution in [0.15, 0.2) is 146 Å². The first kappa shape index (κ1) is 64.4. The molecule has 2 aliphatic rings. The molecule has 0 saturated carbocycles. The zero-order valence-electron chi connectivity index (χ0n) is 50.6. The second-order valence-corrected chi connectivity index (χ2v) is 27.5. The van der Waals surface area contributed by atoms with Gasteiger partial charge >= 0.3 is 26.4 Å². The lowest BCUT2D eigenvalue weighted by molar-refractivity contribution is -0.149. The second-order valence-electron chi connectivity index (χ2n) is 22.3. The fraction of sp³-hybridized carbons (Fsp3) is 0.242. The number of aromatic nitrogens is 4. The summed E-state index contributed by atoms with van der Waals surface area (Å²) in [5, 5.41) is 26.2. The number of rotatable bonds is 26. The highest BCUT2D eigenvalue weighted by Crippen LogP contribution is 2.43. The van der Waals surface area contributed by atoms with E-state index in [-0.39, 0.29) is 50.4 Å². The van der Waals surface area contributed by atoms with Crippen molar-refractivity contribution in [2.75, 3.05) is 37.9 Å². The van der Waals surface area contributed by atoms with Crippen LogP contribution in [-0.2, 0) is 39.3 Å². The molecular formula is C66H58B2N6O16S4. The maximum absolute atomic E-state index is 12.8. The van der Waals surface area contributed by atoms with E-state index in [1.165, 1.54) is 22.7 Å². The lowest BCUT2D eigenvalue weighted by Gasteiger charge is -2.17. The van der Waals surface area contributed by atoms with Crippen LogP contribution in [0.25, 0.3) is 64.9 Å². The van der Waals surface area contributed by atoms with Crippen molar-refractivity contribution in [1.82, 2.24) is 18.9 Å². The molecule has 0 bridgehead atoms. The third kappa shape index (κ3) is 14.1. The summed E-state index contributed by atoms with van der Waals surface area (Å²) in [6.07, 6.45) is 1.63. The number of hydrogen-bond acceptors (Lipinski definition) is 20. The minimum absolute atomic E-state index is 0.0376. The Balaban J connectivity index is 1.05. The Kier molecular flexibility index (Phi) is 19.1. The Bertz CT molecular complexity index is 4560. The highest BCUT2D eigenvalue weighted by atomic mass is 32.2. The summed E-state index contributed by atoms with van der Waals surface area (Å²) in [7, 11) is -11.0. The highest BCUT2D eigenvalue weighted by molar-refractivity contribution is 7.86. The molecule has 28 heteroatoms. The van der Waals surface area contributed by atoms with Gasteiger partial charge in [0.15, 0.2) is 0 Å². The summed E-state index contributed by atoms with van der Waals surface area (Å²) in [6, 6.07) is 49.4. The topological polar surface area (TPSA) is 300 Å². The van der Waals surface area contributed by atoms with Crippen LogP contribution >= 0.6 is 22.7 Å². The fourth-order valence-electron chi connectivity index (χ4n) is 11.2. The van der Waals surface area contributed by atoms with Crippen molar-refractivity contribution in [3.63, 3.8) is 0 Å². The predicted octanol–water partition coefficient (Wildman–Crippen LogP) is 10.3. The third-order valence-corrected chi connectivity index (χ3v) is 19.4. The van der Waals surface area contributed by atoms with E-state index in [4.69, 9.17) is 56.6 Å². The normalized spacial score (nSPS) is 14.0. The minimum Gasteiger partial charge on any atom is -0.503 e. The number of ether oxygens (including phenoxy) is 4. The van der Waals surface area contributed by atoms with Crippen LogP contribution in [0.3, 0.4) is 0 Å². The number of nitriles is 2. The number of esters is 2. The first-order valence-corrected chi connectivity index (χ1v) is 34.9. The molecular weight excluding hydrogens is 1280 g/mol. The third-order valence-electron chi connectivity index (χ3n) is 15.6. The van der Waals surface area contributed by atoms with Crippen LogP contribution in [0, 0.1) is 34.5 Å². The standard InChI is InChI=1S/C66H58B2N6O16S4/c1-41(65(75)85-35-13-37-93(77,78)79)15-11-33-83-45-29-25-43(26-30-45)59-57-58(62(73(59)67-87-51-19-5-6-20-52(51)88-67)48(40-70)64-72-50-18-4-10-24-56(50)92-64)60(44-27-31-46(32-28-44)84-34-12-16-42(2)66(76)86-36-14-38-94(80,81)82)74(68-89-53-21-7-8-22-54(53)90-68)61(57)47(39-69)63-71-49-17-3-9-23-55(49)91-63/h3-10,17-32,41-42H,11-16,33-38H2,1-2H3,(H,77,78,79)(H,80,81,82)/b61-47-,62-48-. The van der Waals surface area contributed by atoms with Gasteiger partial charge in [-0.15, -0.1) is 22.7 Å². The monoisotopic (exact) mass is 1340 g/mol. The maximum atomic E-state index is 12.8. The number of para-hydroxylation sites is 6. The molecule has 478 valence electrons. The fourth-order valence-corrected chi connectivity index (χ4v) is 14.0. The van der Waals surface area contributed by atoms with E-state index in [2.05, 4.69) is 12.1 Å². The van der Waals surface area contributed by atoms with E-state index in [0.29, 0.717) is 125 Å². The molecule has 12 rings (SSSR count). The molecule has 0 aliphatic carbocycles. The van der Waals surface area contributed by atoms with Crippen molar-refractivity contribution < 1.29 is 73.1 Å². The average molecular weight is 1340 g/mol. The van der Waals surface area contributed by atoms with Gasteiger partial charge in [-0.05, 0) is 147 Å². The molecule has 2 atom stereocenters. The van der Waals surface area contributed by atoms with Gasteiger partial charge in [0, 0.05) is 10.8 Å². The number of nitrogens with zero attached hydrogens (tertiary/aromatic N) is 6. The van der Waals surface area contributed by atoms with Gasteiger partial charge in [0.1, 0.15) is 67.8 Å². The second kappa shape index (κ2) is 27.9. The molecule has 0 spiro atoms. The van der Waals surface area contributed by atoms with E-state index < -0.39 is 70.0 Å². The van der Waals surface area contributed by atoms with E-state index >= 15 is 0 Å². The minimum atomic E-state index is -4.19. The molecule has 6 heterocycles. The number of fused-ring (bicyclic) bond motifs is 5. The van der Waals surface area contributed by atoms with Gasteiger partial charge in [-0.25, -0.2) is 9.97 Å². The molecule has 22 nitrogen and oxygen atoms in total. The SMILES string of the molecule is CC(CCCOc1ccc(-c2c3/c(=C(\C#N)c4nc5ccccc5s4)n(B4Oc5ccccc5O4)c(-c4ccc(OCCCC(C)C(=O)OCCCS(=O)(=O)O)cc4)c3/c(=C(\C#N)c3nc4ccccc4s3)n2B2Oc3ccccc3O2)cc1)C(=O)OCCCS(=O)(=O)O. The van der Waals surface area contributed by atoms with Crippen molar-refractivity contribution in [2.24, 2.45) is 11.8 Å². The zero-order chi connectivity index (χ0) is 65.7. The van der Waals surface area contributed by atoms with Gasteiger partial charge in [-0.3, -0.25) is 18.7 Å². The summed E-state index contributed by atoms with van der Waals surface area (Å²) in [5.74, 6) is -0.417. The molecule has 2 aliphatic heterocycles. The van der Waals surface area contributed by atoms with Crippen LogP contribution < -0.4 is 38.8 Å². The quantitative estimate of drug-likeness (QED) is 0.0220. The Labute approximate surface area is 548 Å². The van der Waals surface area contributed by atoms with E-state index in [1.54, 1.807) is 62.4 Å². The van der Waals surface area contributed by atoms with E-state index in [9.17, 15) is 36.9 Å². The first-order valence-electron chi connectivity index (χ1n) is 30.1. The molecule has 94 heavy (non-hydrogen) atoms. The van der Waals surface area contributed by atoms with Gasteiger partial charge in [0.05, 0.1) is 92.3 Å². The Morgan fingerprint density at radius 1 is 0.521 bits per heavy atom. The number of carbonyl (C=O) groups is 2. The van der Waals surface area contributed by atoms with Crippen molar-refractivity contribution in [3.05, 3.63) is 166 Å².